The second kappa shape index (κ2) is 46.4. The molecule has 9 aromatic rings. The molecule has 0 spiro atoms. The predicted molar refractivity (Wildman–Crippen MR) is 394 cm³/mol. The molecule has 0 atom stereocenters. The van der Waals surface area contributed by atoms with Crippen LogP contribution in [0.3, 0.4) is 0 Å². The zero-order valence-electron chi connectivity index (χ0n) is 60.3. The van der Waals surface area contributed by atoms with Gasteiger partial charge in [-0.2, -0.15) is 5.26 Å². The molecule has 537 valence electrons. The maximum absolute atomic E-state index is 10.1. The van der Waals surface area contributed by atoms with Crippen LogP contribution in [0.2, 0.25) is 0 Å². The van der Waals surface area contributed by atoms with E-state index in [2.05, 4.69) is 118 Å². The number of pyridine rings is 3. The number of aryl methyl sites for hydroxylation is 5. The summed E-state index contributed by atoms with van der Waals surface area (Å²) >= 11 is 10.8. The second-order valence-electron chi connectivity index (χ2n) is 23.0. The fourth-order valence-electron chi connectivity index (χ4n) is 8.16. The summed E-state index contributed by atoms with van der Waals surface area (Å²) in [6.45, 7) is 22.6. The van der Waals surface area contributed by atoms with Gasteiger partial charge in [-0.05, 0) is 146 Å². The number of carbonyl (C=O) groups is 2. The Morgan fingerprint density at radius 1 is 0.691 bits per heavy atom. The monoisotopic (exact) mass is 1590 g/mol. The molecular weight excluding hydrogens is 1490 g/mol. The number of nitrogens with one attached hydrogen (secondary N) is 1. The predicted octanol–water partition coefficient (Wildman–Crippen LogP) is 12.9. The maximum atomic E-state index is 10.1. The third-order valence-electron chi connectivity index (χ3n) is 14.9. The number of rotatable bonds is 13. The topological polar surface area (TPSA) is 258 Å². The van der Waals surface area contributed by atoms with E-state index in [-0.39, 0.29) is 48.2 Å². The molecule has 11 rings (SSSR count). The third kappa shape index (κ3) is 29.8. The van der Waals surface area contributed by atoms with Crippen LogP contribution in [0.25, 0.3) is 32.7 Å². The first kappa shape index (κ1) is 87.1. The zero-order chi connectivity index (χ0) is 74.2. The number of alkyl halides is 1. The van der Waals surface area contributed by atoms with Crippen molar-refractivity contribution in [3.8, 4) is 6.07 Å². The van der Waals surface area contributed by atoms with E-state index in [1.165, 1.54) is 34.6 Å². The number of aldehydes is 2. The fraction of sp³-hybridized carbons (Fsp3) is 0.448. The van der Waals surface area contributed by atoms with Crippen molar-refractivity contribution in [2.75, 3.05) is 48.7 Å². The first-order valence-electron chi connectivity index (χ1n) is 30.8. The van der Waals surface area contributed by atoms with Crippen molar-refractivity contribution in [1.82, 2.24) is 42.8 Å². The van der Waals surface area contributed by atoms with Gasteiger partial charge < -0.3 is 75.8 Å². The summed E-state index contributed by atoms with van der Waals surface area (Å²) in [4.78, 5) is 39.1. The number of H-pyrrole nitrogens is 1. The van der Waals surface area contributed by atoms with Crippen LogP contribution in [0, 0.1) is 11.3 Å². The number of ether oxygens (including phenoxy) is 4. The molecule has 0 amide bonds. The Bertz CT molecular complexity index is 3630. The van der Waals surface area contributed by atoms with Gasteiger partial charge in [0.25, 0.3) is 0 Å². The van der Waals surface area contributed by atoms with Crippen molar-refractivity contribution in [2.45, 2.75) is 117 Å². The first-order chi connectivity index (χ1) is 46.4. The number of aromatic amines is 1. The molecule has 0 unspecified atom stereocenters. The second-order valence-corrected chi connectivity index (χ2v) is 28.6. The molecule has 30 heteroatoms. The summed E-state index contributed by atoms with van der Waals surface area (Å²) in [5, 5.41) is 10.9. The average Bonchev–Trinajstić information content (AvgIpc) is 1.62. The molecule has 2 aliphatic rings. The molecule has 0 aliphatic carbocycles. The van der Waals surface area contributed by atoms with Gasteiger partial charge >= 0.3 is 54.0 Å². The van der Waals surface area contributed by atoms with Crippen LogP contribution in [-0.4, -0.2) is 166 Å². The molecule has 3 N–H and O–H groups in total. The Labute approximate surface area is 603 Å². The van der Waals surface area contributed by atoms with E-state index in [0.29, 0.717) is 24.5 Å². The van der Waals surface area contributed by atoms with Gasteiger partial charge in [0.1, 0.15) is 0 Å². The summed E-state index contributed by atoms with van der Waals surface area (Å²) in [7, 11) is 14.3. The van der Waals surface area contributed by atoms with E-state index in [1.54, 1.807) is 75.9 Å². The van der Waals surface area contributed by atoms with Gasteiger partial charge in [-0.15, -0.1) is 0 Å². The van der Waals surface area contributed by atoms with Crippen LogP contribution in [0.5, 0.6) is 0 Å². The molecule has 2 saturated heterocycles. The van der Waals surface area contributed by atoms with Crippen molar-refractivity contribution < 1.29 is 68.9 Å². The van der Waals surface area contributed by atoms with Gasteiger partial charge in [-0.25, -0.2) is 0 Å². The molecular formula is C67H98B2Br3CuFN12O11. The summed E-state index contributed by atoms with van der Waals surface area (Å²) in [6, 6.07) is 20.9. The average molecular weight is 1590 g/mol. The number of halogens is 4. The van der Waals surface area contributed by atoms with Crippen molar-refractivity contribution >= 4 is 116 Å². The Balaban J connectivity index is 0.000000560. The van der Waals surface area contributed by atoms with Gasteiger partial charge in [0.05, 0.1) is 95.8 Å². The number of carbonyl (C=O) groups excluding carboxylic acids is 2. The standard InChI is InChI=1S/C14H19BN2O2.C10H16N2O2.C9H19BO3.C8H7BrN2.C8H8N2.C6H7NO.C5H5NO.C4H11NO2.C2H3N.CH3F.2BrH.Cu/c1-13(2)14(3,4)19-15(18-13)11-9-17(5)12-8-16-7-6-10(11)12;1-12-6-4-5-9(12)7-11-8-10(13-2)14-3;1-7(2)11-10-12-8(3,4)9(5,6)13-10;1-11-5-7(9)6-2-3-10-4-8(6)11;1-10-5-3-7-2-4-9-6-8(7)10;1-7-4-2-3-6(7)5-8;7-4-5-2-1-3-6-5;1-6-4(3-5)7-2;1-2-3;1-2;;;/h6-9H,1-5H3;4-7,10H,8H2,1-3H3;7H,1-6H3;2-5H,1H3;2-6H,1H3;2-5H,1H3;1-4,6H;4H,3,5H2,1-2H3;1H3;1H3;2*1H;/q;;;;;;;;;;;;+2/p-2/i;;;;;;;;;1D;;;. The van der Waals surface area contributed by atoms with Gasteiger partial charge in [-0.3, -0.25) is 33.9 Å². The quantitative estimate of drug-likeness (QED) is 0.0470. The molecule has 2 aliphatic heterocycles. The van der Waals surface area contributed by atoms with Crippen LogP contribution in [0.15, 0.2) is 144 Å². The number of fused-ring (bicyclic) bond motifs is 3. The molecule has 11 heterocycles. The number of hydrogen-bond acceptors (Lipinski definition) is 17. The van der Waals surface area contributed by atoms with Gasteiger partial charge in [0.2, 0.25) is 0 Å². The Morgan fingerprint density at radius 3 is 1.55 bits per heavy atom. The summed E-state index contributed by atoms with van der Waals surface area (Å²) < 4.78 is 74.9. The summed E-state index contributed by atoms with van der Waals surface area (Å²) in [6.07, 6.45) is 25.7. The number of aliphatic imine (C=N–C) groups is 1. The number of nitrogens with zero attached hydrogens (tertiary/aromatic N) is 10. The van der Waals surface area contributed by atoms with Crippen LogP contribution >= 0.6 is 44.2 Å². The van der Waals surface area contributed by atoms with Crippen molar-refractivity contribution in [2.24, 2.45) is 46.0 Å². The molecule has 0 aromatic carbocycles. The van der Waals surface area contributed by atoms with Crippen molar-refractivity contribution in [1.29, 1.82) is 5.26 Å². The SMILES string of the molecule is CC#N.CC(C)OB1OC(C)(C)C(C)(C)O1.COC(CN)OC.COC(CN=Cc1cccn1C)OC.Cn1cc(B2OC(C)(C)C(C)(C)O2)c2ccncc21.Cn1cc(Br)c2ccncc21.Cn1ccc2ccncc21.Cn1cccc1C=O.O=Cc1ccc[nH]1.[2H]CF.[Br][Cu][Br]. The number of methoxy groups -OCH3 is 4. The van der Waals surface area contributed by atoms with E-state index in [9.17, 15) is 14.0 Å². The van der Waals surface area contributed by atoms with E-state index in [4.69, 9.17) is 54.6 Å². The normalized spacial score (nSPS) is 14.2. The molecule has 0 saturated carbocycles. The van der Waals surface area contributed by atoms with Gasteiger partial charge in [0, 0.05) is 171 Å². The van der Waals surface area contributed by atoms with Crippen LogP contribution in [-0.2, 0) is 88.8 Å². The van der Waals surface area contributed by atoms with Gasteiger partial charge in [-0.1, -0.05) is 0 Å². The molecule has 97 heavy (non-hydrogen) atoms. The number of aromatic nitrogens is 9. The minimum atomic E-state index is -1.00. The van der Waals surface area contributed by atoms with E-state index in [0.717, 1.165) is 44.6 Å². The summed E-state index contributed by atoms with van der Waals surface area (Å²) in [5.74, 6) is 0. The molecule has 23 nitrogen and oxygen atoms in total. The summed E-state index contributed by atoms with van der Waals surface area (Å²) in [5.41, 5.74) is 10.8. The van der Waals surface area contributed by atoms with Crippen LogP contribution in [0.4, 0.5) is 4.39 Å². The Kier molecular flexibility index (Phi) is 41.7. The van der Waals surface area contributed by atoms with Crippen LogP contribution in [0.1, 0.15) is 104 Å². The molecule has 0 bridgehead atoms. The van der Waals surface area contributed by atoms with Crippen LogP contribution < -0.4 is 11.2 Å². The Morgan fingerprint density at radius 2 is 1.15 bits per heavy atom. The minimum absolute atomic E-state index is 0.120. The fourth-order valence-corrected chi connectivity index (χ4v) is 8.80. The van der Waals surface area contributed by atoms with E-state index < -0.39 is 14.5 Å². The van der Waals surface area contributed by atoms with E-state index in [1.807, 2.05) is 178 Å². The molecule has 0 radical (unpaired) electrons. The zero-order valence-corrected chi connectivity index (χ0v) is 65.0. The number of hydrogen-bond donors (Lipinski definition) is 2. The Hall–Kier alpha value is -5.97. The number of nitrogens with two attached hydrogens (primary N) is 1. The third-order valence-corrected chi connectivity index (χ3v) is 15.6. The molecule has 2 fully saturated rings. The van der Waals surface area contributed by atoms with Crippen molar-refractivity contribution in [3.63, 3.8) is 0 Å². The van der Waals surface area contributed by atoms with Gasteiger partial charge in [0.15, 0.2) is 25.2 Å². The number of nitriles is 1. The first-order valence-corrected chi connectivity index (χ1v) is 35.5. The van der Waals surface area contributed by atoms with Crippen molar-refractivity contribution in [3.05, 3.63) is 157 Å². The van der Waals surface area contributed by atoms with E-state index >= 15 is 0 Å². The molecule has 9 aromatic heterocycles.